The third kappa shape index (κ3) is 6.99. The van der Waals surface area contributed by atoms with E-state index >= 15 is 0 Å². The van der Waals surface area contributed by atoms with Gasteiger partial charge in [0.1, 0.15) is 11.4 Å². The lowest BCUT2D eigenvalue weighted by molar-refractivity contribution is 0.0684. The number of nitrogens with two attached hydrogens (primary N) is 1. The van der Waals surface area contributed by atoms with Gasteiger partial charge in [-0.2, -0.15) is 17.7 Å². The van der Waals surface area contributed by atoms with Crippen molar-refractivity contribution in [2.75, 3.05) is 25.2 Å². The standard InChI is InChI=1S/C35H42ClN5O3S2/c1-21-31-29(41(34(21)35(42)43)15-8-16-44-30-12-7-10-23-9-5-6-11-26(23)30)14-13-27(36)33(31)32-22(2)40(4)39-28(32)20-46-19-24(37)17-25(18-45)38-3/h7,10,12-14,17,45H,5-6,8-9,11,15-16,18-20,37H2,1-4H3,(H,42,43). The van der Waals surface area contributed by atoms with Gasteiger partial charge in [-0.3, -0.25) is 9.67 Å². The number of hydrogen-bond donors (Lipinski definition) is 3. The van der Waals surface area contributed by atoms with E-state index in [1.54, 1.807) is 18.8 Å². The molecule has 2 heterocycles. The summed E-state index contributed by atoms with van der Waals surface area (Å²) in [6.07, 6.45) is 7.07. The Hall–Kier alpha value is -3.34. The minimum absolute atomic E-state index is 0.267. The first kappa shape index (κ1) is 34.0. The zero-order valence-corrected chi connectivity index (χ0v) is 29.4. The number of carbonyl (C=O) groups is 1. The van der Waals surface area contributed by atoms with Crippen LogP contribution >= 0.6 is 36.0 Å². The minimum Gasteiger partial charge on any atom is -0.493 e. The average molecular weight is 680 g/mol. The summed E-state index contributed by atoms with van der Waals surface area (Å²) >= 11 is 12.9. The summed E-state index contributed by atoms with van der Waals surface area (Å²) in [5.74, 6) is 1.71. The van der Waals surface area contributed by atoms with Gasteiger partial charge in [-0.25, -0.2) is 4.79 Å². The lowest BCUT2D eigenvalue weighted by atomic mass is 9.91. The van der Waals surface area contributed by atoms with Gasteiger partial charge in [-0.05, 0) is 86.9 Å². The molecule has 0 bridgehead atoms. The summed E-state index contributed by atoms with van der Waals surface area (Å²) < 4.78 is 10.0. The molecule has 0 spiro atoms. The number of halogens is 1. The van der Waals surface area contributed by atoms with Crippen LogP contribution in [-0.4, -0.2) is 56.3 Å². The van der Waals surface area contributed by atoms with Gasteiger partial charge in [0.2, 0.25) is 0 Å². The van der Waals surface area contributed by atoms with Crippen molar-refractivity contribution in [3.05, 3.63) is 80.9 Å². The number of rotatable bonds is 13. The summed E-state index contributed by atoms with van der Waals surface area (Å²) in [7, 11) is 3.64. The van der Waals surface area contributed by atoms with E-state index in [9.17, 15) is 9.90 Å². The zero-order valence-electron chi connectivity index (χ0n) is 26.9. The van der Waals surface area contributed by atoms with Crippen LogP contribution in [0.5, 0.6) is 5.75 Å². The van der Waals surface area contributed by atoms with E-state index in [2.05, 4.69) is 29.8 Å². The molecule has 0 aliphatic heterocycles. The van der Waals surface area contributed by atoms with E-state index in [1.165, 1.54) is 24.0 Å². The number of carboxylic acids is 1. The lowest BCUT2D eigenvalue weighted by Crippen LogP contribution is -2.12. The Balaban J connectivity index is 1.45. The Kier molecular flexibility index (Phi) is 11.1. The van der Waals surface area contributed by atoms with Gasteiger partial charge in [0, 0.05) is 82.1 Å². The summed E-state index contributed by atoms with van der Waals surface area (Å²) in [6, 6.07) is 10.1. The van der Waals surface area contributed by atoms with E-state index in [-0.39, 0.29) is 5.69 Å². The predicted octanol–water partition coefficient (Wildman–Crippen LogP) is 7.43. The van der Waals surface area contributed by atoms with Crippen molar-refractivity contribution in [2.24, 2.45) is 17.8 Å². The summed E-state index contributed by atoms with van der Waals surface area (Å²) in [5, 5.41) is 16.6. The molecule has 0 saturated heterocycles. The highest BCUT2D eigenvalue weighted by Gasteiger charge is 2.27. The highest BCUT2D eigenvalue weighted by molar-refractivity contribution is 7.98. The van der Waals surface area contributed by atoms with Gasteiger partial charge in [-0.1, -0.05) is 23.7 Å². The fourth-order valence-corrected chi connectivity index (χ4v) is 7.76. The Morgan fingerprint density at radius 2 is 2.00 bits per heavy atom. The maximum Gasteiger partial charge on any atom is 0.352 e. The first-order chi connectivity index (χ1) is 22.2. The van der Waals surface area contributed by atoms with Gasteiger partial charge in [0.15, 0.2) is 0 Å². The first-order valence-corrected chi connectivity index (χ1v) is 17.7. The molecule has 4 aromatic rings. The topological polar surface area (TPSA) is 108 Å². The number of aliphatic imine (C=N–C) groups is 1. The van der Waals surface area contributed by atoms with Crippen LogP contribution < -0.4 is 10.5 Å². The fourth-order valence-electron chi connectivity index (χ4n) is 6.46. The number of fused-ring (bicyclic) bond motifs is 2. The van der Waals surface area contributed by atoms with Crippen molar-refractivity contribution in [1.29, 1.82) is 0 Å². The number of nitrogens with zero attached hydrogens (tertiary/aromatic N) is 4. The molecular weight excluding hydrogens is 638 g/mol. The highest BCUT2D eigenvalue weighted by Crippen LogP contribution is 2.43. The fraction of sp³-hybridized carbons (Fsp3) is 0.400. The van der Waals surface area contributed by atoms with Crippen molar-refractivity contribution in [3.8, 4) is 16.9 Å². The van der Waals surface area contributed by atoms with Crippen molar-refractivity contribution in [3.63, 3.8) is 0 Å². The van der Waals surface area contributed by atoms with Gasteiger partial charge >= 0.3 is 5.97 Å². The number of thioether (sulfide) groups is 1. The van der Waals surface area contributed by atoms with E-state index in [4.69, 9.17) is 27.2 Å². The Bertz CT molecular complexity index is 1820. The maximum absolute atomic E-state index is 12.7. The summed E-state index contributed by atoms with van der Waals surface area (Å²) in [5.41, 5.74) is 15.8. The summed E-state index contributed by atoms with van der Waals surface area (Å²) in [6.45, 7) is 4.88. The molecule has 8 nitrogen and oxygen atoms in total. The number of thiol groups is 1. The van der Waals surface area contributed by atoms with Gasteiger partial charge < -0.3 is 20.1 Å². The van der Waals surface area contributed by atoms with Crippen LogP contribution in [0.3, 0.4) is 0 Å². The molecule has 0 unspecified atom stereocenters. The molecule has 244 valence electrons. The number of allylic oxidation sites excluding steroid dienone is 1. The molecule has 0 fully saturated rings. The van der Waals surface area contributed by atoms with Gasteiger partial charge in [0.05, 0.1) is 12.3 Å². The Labute approximate surface area is 285 Å². The smallest absolute Gasteiger partial charge is 0.352 e. The first-order valence-electron chi connectivity index (χ1n) is 15.6. The van der Waals surface area contributed by atoms with Crippen LogP contribution in [0.1, 0.15) is 57.8 Å². The van der Waals surface area contributed by atoms with Crippen LogP contribution in [0.4, 0.5) is 0 Å². The number of aromatic carboxylic acids is 1. The highest BCUT2D eigenvalue weighted by atomic mass is 35.5. The molecule has 2 aromatic carbocycles. The van der Waals surface area contributed by atoms with Crippen molar-refractivity contribution >= 4 is 58.6 Å². The van der Waals surface area contributed by atoms with E-state index in [1.807, 2.05) is 54.4 Å². The second-order valence-electron chi connectivity index (χ2n) is 11.7. The van der Waals surface area contributed by atoms with Crippen LogP contribution in [0, 0.1) is 13.8 Å². The average Bonchev–Trinajstić information content (AvgIpc) is 3.49. The molecule has 0 saturated carbocycles. The number of benzene rings is 2. The minimum atomic E-state index is -0.967. The van der Waals surface area contributed by atoms with Crippen LogP contribution in [0.15, 0.2) is 47.1 Å². The molecule has 1 aliphatic rings. The SMILES string of the molecule is CN=C(C=C(N)CSCc1nn(C)c(C)c1-c1c(Cl)ccc2c1c(C)c(C(=O)O)n2CCCOc1cccc2c1CCCC2)CS. The number of hydrogen-bond acceptors (Lipinski definition) is 7. The monoisotopic (exact) mass is 679 g/mol. The molecule has 46 heavy (non-hydrogen) atoms. The van der Waals surface area contributed by atoms with Crippen molar-refractivity contribution in [2.45, 2.75) is 58.2 Å². The largest absolute Gasteiger partial charge is 0.493 e. The van der Waals surface area contributed by atoms with E-state index in [0.717, 1.165) is 57.7 Å². The molecule has 1 aliphatic carbocycles. The third-order valence-corrected chi connectivity index (χ3v) is 10.4. The lowest BCUT2D eigenvalue weighted by Gasteiger charge is -2.19. The molecule has 11 heteroatoms. The number of aryl methyl sites for hydroxylation is 4. The Morgan fingerprint density at radius 1 is 1.22 bits per heavy atom. The molecule has 0 amide bonds. The zero-order chi connectivity index (χ0) is 33.0. The van der Waals surface area contributed by atoms with Crippen LogP contribution in [0.25, 0.3) is 22.0 Å². The molecular formula is C35H42ClN5O3S2. The number of aromatic nitrogens is 3. The summed E-state index contributed by atoms with van der Waals surface area (Å²) in [4.78, 5) is 16.9. The quantitative estimate of drug-likeness (QED) is 0.0771. The normalized spacial score (nSPS) is 13.8. The van der Waals surface area contributed by atoms with Crippen molar-refractivity contribution in [1.82, 2.24) is 14.3 Å². The van der Waals surface area contributed by atoms with Crippen LogP contribution in [0.2, 0.25) is 5.02 Å². The Morgan fingerprint density at radius 3 is 2.74 bits per heavy atom. The number of carboxylic acid groups (broad SMARTS) is 1. The van der Waals surface area contributed by atoms with Gasteiger partial charge in [0.25, 0.3) is 0 Å². The van der Waals surface area contributed by atoms with Crippen molar-refractivity contribution < 1.29 is 14.6 Å². The number of ether oxygens (including phenoxy) is 1. The van der Waals surface area contributed by atoms with Gasteiger partial charge in [-0.15, -0.1) is 11.8 Å². The maximum atomic E-state index is 12.7. The second kappa shape index (κ2) is 15.0. The van der Waals surface area contributed by atoms with E-state index < -0.39 is 5.97 Å². The molecule has 2 aromatic heterocycles. The van der Waals surface area contributed by atoms with E-state index in [0.29, 0.717) is 53.1 Å². The molecule has 3 N–H and O–H groups in total. The third-order valence-electron chi connectivity index (χ3n) is 8.73. The predicted molar refractivity (Wildman–Crippen MR) is 194 cm³/mol. The molecule has 5 rings (SSSR count). The second-order valence-corrected chi connectivity index (χ2v) is 13.4. The molecule has 0 radical (unpaired) electrons. The van der Waals surface area contributed by atoms with Crippen LogP contribution in [-0.2, 0) is 32.2 Å². The molecule has 0 atom stereocenters.